The quantitative estimate of drug-likeness (QED) is 0.914. The van der Waals surface area contributed by atoms with Crippen LogP contribution in [0.4, 0.5) is 0 Å². The number of carbonyl (C=O) groups excluding carboxylic acids is 2. The number of aryl methyl sites for hydroxylation is 1. The van der Waals surface area contributed by atoms with Gasteiger partial charge in [-0.2, -0.15) is 0 Å². The summed E-state index contributed by atoms with van der Waals surface area (Å²) >= 11 is 0. The fraction of sp³-hybridized carbons (Fsp3) is 0.600. The molecule has 2 saturated heterocycles. The van der Waals surface area contributed by atoms with Crippen LogP contribution in [-0.4, -0.2) is 60.4 Å². The first-order chi connectivity index (χ1) is 12.0. The van der Waals surface area contributed by atoms with Gasteiger partial charge in [0.2, 0.25) is 5.91 Å². The lowest BCUT2D eigenvalue weighted by atomic mass is 9.98. The molecule has 2 fully saturated rings. The minimum absolute atomic E-state index is 0.0933. The van der Waals surface area contributed by atoms with Crippen LogP contribution in [0.25, 0.3) is 0 Å². The van der Waals surface area contributed by atoms with Crippen molar-refractivity contribution in [3.63, 3.8) is 0 Å². The Labute approximate surface area is 150 Å². The van der Waals surface area contributed by atoms with Gasteiger partial charge in [-0.25, -0.2) is 0 Å². The molecule has 0 aromatic heterocycles. The summed E-state index contributed by atoms with van der Waals surface area (Å²) in [5, 5.41) is 3.21. The van der Waals surface area contributed by atoms with Crippen molar-refractivity contribution in [3.8, 4) is 0 Å². The van der Waals surface area contributed by atoms with Gasteiger partial charge in [0.1, 0.15) is 0 Å². The van der Waals surface area contributed by atoms with Crippen LogP contribution in [0, 0.1) is 12.8 Å². The van der Waals surface area contributed by atoms with Crippen LogP contribution < -0.4 is 5.32 Å². The van der Waals surface area contributed by atoms with E-state index in [4.69, 9.17) is 0 Å². The van der Waals surface area contributed by atoms with E-state index >= 15 is 0 Å². The first kappa shape index (κ1) is 17.9. The molecule has 0 radical (unpaired) electrons. The molecule has 2 aliphatic heterocycles. The zero-order valence-electron chi connectivity index (χ0n) is 15.5. The summed E-state index contributed by atoms with van der Waals surface area (Å²) in [5.74, 6) is 0.369. The summed E-state index contributed by atoms with van der Waals surface area (Å²) in [4.78, 5) is 29.2. The highest BCUT2D eigenvalue weighted by Crippen LogP contribution is 2.23. The van der Waals surface area contributed by atoms with Crippen molar-refractivity contribution in [2.45, 2.75) is 45.2 Å². The third-order valence-corrected chi connectivity index (χ3v) is 5.83. The molecular formula is C20H29N3O2. The Morgan fingerprint density at radius 3 is 2.24 bits per heavy atom. The molecule has 0 aliphatic carbocycles. The normalized spacial score (nSPS) is 25.2. The fourth-order valence-electron chi connectivity index (χ4n) is 3.86. The number of carbonyl (C=O) groups is 2. The minimum atomic E-state index is 0.0933. The van der Waals surface area contributed by atoms with Crippen LogP contribution in [0.2, 0.25) is 0 Å². The summed E-state index contributed by atoms with van der Waals surface area (Å²) in [5.41, 5.74) is 1.90. The van der Waals surface area contributed by atoms with Gasteiger partial charge in [-0.05, 0) is 58.8 Å². The Kier molecular flexibility index (Phi) is 5.42. The Morgan fingerprint density at radius 1 is 1.04 bits per heavy atom. The van der Waals surface area contributed by atoms with Gasteiger partial charge in [-0.15, -0.1) is 0 Å². The van der Waals surface area contributed by atoms with E-state index in [1.54, 1.807) is 0 Å². The number of amides is 2. The van der Waals surface area contributed by atoms with E-state index < -0.39 is 0 Å². The van der Waals surface area contributed by atoms with Crippen LogP contribution in [0.5, 0.6) is 0 Å². The van der Waals surface area contributed by atoms with Crippen molar-refractivity contribution >= 4 is 11.8 Å². The fourth-order valence-corrected chi connectivity index (χ4v) is 3.86. The highest BCUT2D eigenvalue weighted by molar-refractivity contribution is 5.94. The van der Waals surface area contributed by atoms with Crippen LogP contribution in [0.15, 0.2) is 24.3 Å². The molecule has 1 aromatic rings. The summed E-state index contributed by atoms with van der Waals surface area (Å²) in [6, 6.07) is 8.23. The Bertz CT molecular complexity index is 620. The van der Waals surface area contributed by atoms with Crippen molar-refractivity contribution in [1.29, 1.82) is 0 Å². The predicted octanol–water partition coefficient (Wildman–Crippen LogP) is 2.06. The summed E-state index contributed by atoms with van der Waals surface area (Å²) < 4.78 is 0. The molecule has 2 amide bonds. The van der Waals surface area contributed by atoms with Crippen LogP contribution in [-0.2, 0) is 4.79 Å². The summed E-state index contributed by atoms with van der Waals surface area (Å²) in [6.45, 7) is 6.55. The number of rotatable bonds is 3. The number of hydrogen-bond acceptors (Lipinski definition) is 3. The first-order valence-corrected chi connectivity index (χ1v) is 9.32. The maximum atomic E-state index is 12.6. The molecule has 2 atom stereocenters. The second-order valence-corrected chi connectivity index (χ2v) is 7.56. The molecule has 1 aromatic carbocycles. The van der Waals surface area contributed by atoms with E-state index in [9.17, 15) is 9.59 Å². The van der Waals surface area contributed by atoms with Gasteiger partial charge in [0.15, 0.2) is 0 Å². The van der Waals surface area contributed by atoms with E-state index in [-0.39, 0.29) is 23.8 Å². The number of nitrogens with one attached hydrogen (secondary N) is 1. The minimum Gasteiger partial charge on any atom is -0.353 e. The van der Waals surface area contributed by atoms with Gasteiger partial charge >= 0.3 is 0 Å². The number of hydrogen-bond donors (Lipinski definition) is 1. The average Bonchev–Trinajstić information content (AvgIpc) is 2.95. The lowest BCUT2D eigenvalue weighted by molar-refractivity contribution is -0.126. The number of benzene rings is 1. The smallest absolute Gasteiger partial charge is 0.253 e. The SMILES string of the molecule is Cc1ccc(C(=O)N2CCC(NC(=O)[C@@H]3CCN(C)[C@@H]3C)CC2)cc1. The second-order valence-electron chi connectivity index (χ2n) is 7.56. The summed E-state index contributed by atoms with van der Waals surface area (Å²) in [7, 11) is 2.08. The van der Waals surface area contributed by atoms with Crippen molar-refractivity contribution in [3.05, 3.63) is 35.4 Å². The third-order valence-electron chi connectivity index (χ3n) is 5.83. The van der Waals surface area contributed by atoms with E-state index in [0.717, 1.165) is 36.9 Å². The highest BCUT2D eigenvalue weighted by Gasteiger charge is 2.35. The molecule has 0 spiro atoms. The zero-order valence-corrected chi connectivity index (χ0v) is 15.5. The highest BCUT2D eigenvalue weighted by atomic mass is 16.2. The Hall–Kier alpha value is -1.88. The topological polar surface area (TPSA) is 52.7 Å². The van der Waals surface area contributed by atoms with Crippen LogP contribution in [0.3, 0.4) is 0 Å². The van der Waals surface area contributed by atoms with E-state index in [1.165, 1.54) is 0 Å². The van der Waals surface area contributed by atoms with Crippen molar-refractivity contribution in [2.24, 2.45) is 5.92 Å². The van der Waals surface area contributed by atoms with Crippen molar-refractivity contribution in [1.82, 2.24) is 15.1 Å². The molecule has 0 unspecified atom stereocenters. The molecule has 5 heteroatoms. The number of nitrogens with zero attached hydrogens (tertiary/aromatic N) is 2. The van der Waals surface area contributed by atoms with Gasteiger partial charge in [0.05, 0.1) is 5.92 Å². The largest absolute Gasteiger partial charge is 0.353 e. The van der Waals surface area contributed by atoms with E-state index in [2.05, 4.69) is 24.2 Å². The number of piperidine rings is 1. The molecule has 2 heterocycles. The molecule has 1 N–H and O–H groups in total. The van der Waals surface area contributed by atoms with E-state index in [1.807, 2.05) is 36.1 Å². The zero-order chi connectivity index (χ0) is 18.0. The molecule has 136 valence electrons. The van der Waals surface area contributed by atoms with Gasteiger partial charge in [-0.1, -0.05) is 17.7 Å². The first-order valence-electron chi connectivity index (χ1n) is 9.32. The van der Waals surface area contributed by atoms with E-state index in [0.29, 0.717) is 19.1 Å². The van der Waals surface area contributed by atoms with Crippen LogP contribution in [0.1, 0.15) is 42.1 Å². The molecule has 25 heavy (non-hydrogen) atoms. The molecule has 3 rings (SSSR count). The maximum Gasteiger partial charge on any atom is 0.253 e. The monoisotopic (exact) mass is 343 g/mol. The van der Waals surface area contributed by atoms with Crippen LogP contribution >= 0.6 is 0 Å². The molecule has 0 saturated carbocycles. The predicted molar refractivity (Wildman–Crippen MR) is 98.4 cm³/mol. The molecule has 5 nitrogen and oxygen atoms in total. The third kappa shape index (κ3) is 4.03. The van der Waals surface area contributed by atoms with Crippen molar-refractivity contribution in [2.75, 3.05) is 26.7 Å². The Balaban J connectivity index is 1.49. The number of likely N-dealkylation sites (tertiary alicyclic amines) is 2. The molecule has 0 bridgehead atoms. The lowest BCUT2D eigenvalue weighted by Crippen LogP contribution is -2.49. The van der Waals surface area contributed by atoms with Gasteiger partial charge in [0.25, 0.3) is 5.91 Å². The standard InChI is InChI=1S/C20H29N3O2/c1-14-4-6-16(7-5-14)20(25)23-12-8-17(9-13-23)21-19(24)18-10-11-22(3)15(18)2/h4-7,15,17-18H,8-13H2,1-3H3,(H,21,24)/t15-,18-/m1/s1. The van der Waals surface area contributed by atoms with Gasteiger partial charge < -0.3 is 15.1 Å². The Morgan fingerprint density at radius 2 is 1.68 bits per heavy atom. The maximum absolute atomic E-state index is 12.6. The van der Waals surface area contributed by atoms with Gasteiger partial charge in [-0.3, -0.25) is 9.59 Å². The summed E-state index contributed by atoms with van der Waals surface area (Å²) in [6.07, 6.45) is 2.61. The molecule has 2 aliphatic rings. The molecular weight excluding hydrogens is 314 g/mol. The average molecular weight is 343 g/mol. The van der Waals surface area contributed by atoms with Gasteiger partial charge in [0, 0.05) is 30.7 Å². The lowest BCUT2D eigenvalue weighted by Gasteiger charge is -2.33. The van der Waals surface area contributed by atoms with Crippen molar-refractivity contribution < 1.29 is 9.59 Å². The second kappa shape index (κ2) is 7.56.